The van der Waals surface area contributed by atoms with Gasteiger partial charge in [0.05, 0.1) is 17.6 Å². The Balaban J connectivity index is 1.51. The molecule has 4 aromatic carbocycles. The molecule has 0 aliphatic carbocycles. The number of ether oxygens (including phenoxy) is 2. The van der Waals surface area contributed by atoms with Crippen LogP contribution < -0.4 is 5.73 Å². The third-order valence-corrected chi connectivity index (χ3v) is 10.9. The van der Waals surface area contributed by atoms with E-state index in [9.17, 15) is 9.59 Å². The molecular formula is C43H48N2O5S2. The van der Waals surface area contributed by atoms with Gasteiger partial charge in [-0.3, -0.25) is 4.79 Å². The average molecular weight is 737 g/mol. The minimum Gasteiger partial charge on any atom is -0.464 e. The largest absolute Gasteiger partial charge is 0.464 e. The lowest BCUT2D eigenvalue weighted by Gasteiger charge is -2.42. The zero-order valence-electron chi connectivity index (χ0n) is 29.7. The number of thioether (sulfide) groups is 1. The van der Waals surface area contributed by atoms with Crippen molar-refractivity contribution in [3.8, 4) is 0 Å². The van der Waals surface area contributed by atoms with Crippen LogP contribution >= 0.6 is 24.0 Å². The Morgan fingerprint density at radius 3 is 1.96 bits per heavy atom. The van der Waals surface area contributed by atoms with Crippen molar-refractivity contribution in [2.75, 3.05) is 12.4 Å². The zero-order valence-corrected chi connectivity index (χ0v) is 31.4. The summed E-state index contributed by atoms with van der Waals surface area (Å²) < 4.78 is 12.3. The molecule has 7 nitrogen and oxygen atoms in total. The molecule has 5 rings (SSSR count). The third kappa shape index (κ3) is 9.76. The molecule has 0 amide bonds. The number of ketones is 1. The molecule has 1 saturated heterocycles. The summed E-state index contributed by atoms with van der Waals surface area (Å²) in [5, 5.41) is 0. The lowest BCUT2D eigenvalue weighted by atomic mass is 9.84. The summed E-state index contributed by atoms with van der Waals surface area (Å²) in [5.41, 5.74) is 8.51. The van der Waals surface area contributed by atoms with Gasteiger partial charge in [-0.15, -0.1) is 0 Å². The van der Waals surface area contributed by atoms with E-state index in [1.165, 1.54) is 5.56 Å². The number of likely N-dealkylation sites (tertiary alicyclic amines) is 1. The molecule has 272 valence electrons. The molecule has 1 heterocycles. The average Bonchev–Trinajstić information content (AvgIpc) is 3.53. The van der Waals surface area contributed by atoms with Gasteiger partial charge in [0.1, 0.15) is 6.04 Å². The van der Waals surface area contributed by atoms with Gasteiger partial charge in [-0.05, 0) is 60.1 Å². The number of carbonyl (C=O) groups excluding carboxylic acids is 3. The number of hydrogen-bond acceptors (Lipinski definition) is 8. The predicted molar refractivity (Wildman–Crippen MR) is 212 cm³/mol. The topological polar surface area (TPSA) is 98.9 Å². The Morgan fingerprint density at radius 2 is 1.38 bits per heavy atom. The number of hydrogen-bond donors (Lipinski definition) is 1. The molecule has 1 fully saturated rings. The van der Waals surface area contributed by atoms with E-state index < -0.39 is 41.4 Å². The van der Waals surface area contributed by atoms with Crippen molar-refractivity contribution in [1.82, 2.24) is 4.90 Å². The van der Waals surface area contributed by atoms with Gasteiger partial charge in [-0.25, -0.2) is 9.59 Å². The molecule has 4 aromatic rings. The fourth-order valence-electron chi connectivity index (χ4n) is 6.64. The van der Waals surface area contributed by atoms with Gasteiger partial charge in [0.2, 0.25) is 5.54 Å². The Hall–Kier alpha value is -4.31. The van der Waals surface area contributed by atoms with Crippen LogP contribution in [-0.4, -0.2) is 57.6 Å². The van der Waals surface area contributed by atoms with Crippen LogP contribution in [0, 0.1) is 0 Å². The maximum absolute atomic E-state index is 15.0. The highest BCUT2D eigenvalue weighted by Crippen LogP contribution is 2.40. The highest BCUT2D eigenvalue weighted by Gasteiger charge is 2.61. The smallest absolute Gasteiger partial charge is 0.340 e. The molecule has 2 N–H and O–H groups in total. The summed E-state index contributed by atoms with van der Waals surface area (Å²) in [7, 11) is 0. The molecular weight excluding hydrogens is 689 g/mol. The minimum atomic E-state index is -1.92. The molecule has 0 spiro atoms. The number of benzene rings is 4. The summed E-state index contributed by atoms with van der Waals surface area (Å²) in [5.74, 6) is -0.415. The number of aryl methyl sites for hydroxylation is 1. The third-order valence-electron chi connectivity index (χ3n) is 9.45. The summed E-state index contributed by atoms with van der Waals surface area (Å²) in [6.45, 7) is 2.25. The number of rotatable bonds is 19. The first-order valence-corrected chi connectivity index (χ1v) is 19.7. The molecule has 0 saturated carbocycles. The van der Waals surface area contributed by atoms with Crippen LogP contribution in [0.15, 0.2) is 121 Å². The van der Waals surface area contributed by atoms with E-state index in [0.29, 0.717) is 30.0 Å². The van der Waals surface area contributed by atoms with Crippen LogP contribution in [0.1, 0.15) is 73.8 Å². The van der Waals surface area contributed by atoms with Crippen molar-refractivity contribution < 1.29 is 23.9 Å². The lowest BCUT2D eigenvalue weighted by molar-refractivity contribution is -0.167. The second-order valence-electron chi connectivity index (χ2n) is 13.1. The van der Waals surface area contributed by atoms with Crippen LogP contribution in [0.5, 0.6) is 0 Å². The van der Waals surface area contributed by atoms with Crippen molar-refractivity contribution in [2.45, 2.75) is 81.3 Å². The van der Waals surface area contributed by atoms with Gasteiger partial charge in [-0.2, -0.15) is 11.8 Å². The van der Waals surface area contributed by atoms with Gasteiger partial charge in [0.15, 0.2) is 11.9 Å². The molecule has 1 unspecified atom stereocenters. The highest BCUT2D eigenvalue weighted by atomic mass is 32.2. The van der Waals surface area contributed by atoms with Crippen molar-refractivity contribution in [2.24, 2.45) is 5.73 Å². The van der Waals surface area contributed by atoms with Crippen LogP contribution in [0.25, 0.3) is 0 Å². The second kappa shape index (κ2) is 19.5. The van der Waals surface area contributed by atoms with Crippen LogP contribution in [0.4, 0.5) is 0 Å². The van der Waals surface area contributed by atoms with Crippen molar-refractivity contribution in [3.05, 3.63) is 144 Å². The fourth-order valence-corrected chi connectivity index (χ4v) is 8.02. The predicted octanol–water partition coefficient (Wildman–Crippen LogP) is 8.05. The van der Waals surface area contributed by atoms with E-state index >= 15 is 4.79 Å². The molecule has 0 bridgehead atoms. The number of thiocarbonyl (C=S) groups is 1. The Kier molecular flexibility index (Phi) is 14.6. The number of Topliss-reactive ketones (excluding diaryl/α,β-unsaturated/α-hetero) is 1. The maximum Gasteiger partial charge on any atom is 0.340 e. The number of nitrogens with two attached hydrogens (primary N) is 1. The number of unbranched alkanes of at least 4 members (excludes halogenated alkanes) is 1. The van der Waals surface area contributed by atoms with E-state index in [2.05, 4.69) is 12.1 Å². The summed E-state index contributed by atoms with van der Waals surface area (Å²) in [6.07, 6.45) is 2.14. The van der Waals surface area contributed by atoms with E-state index in [1.807, 2.05) is 116 Å². The molecule has 1 aliphatic rings. The second-order valence-corrected chi connectivity index (χ2v) is 14.7. The molecule has 1 aliphatic heterocycles. The first kappa shape index (κ1) is 38.9. The molecule has 9 heteroatoms. The van der Waals surface area contributed by atoms with Gasteiger partial charge in [-0.1, -0.05) is 147 Å². The van der Waals surface area contributed by atoms with Crippen LogP contribution in [0.3, 0.4) is 0 Å². The molecule has 3 atom stereocenters. The van der Waals surface area contributed by atoms with E-state index in [0.717, 1.165) is 28.9 Å². The Morgan fingerprint density at radius 1 is 0.827 bits per heavy atom. The fraction of sp³-hybridized carbons (Fsp3) is 0.349. The monoisotopic (exact) mass is 736 g/mol. The van der Waals surface area contributed by atoms with Crippen LogP contribution in [0.2, 0.25) is 0 Å². The summed E-state index contributed by atoms with van der Waals surface area (Å²) >= 11 is 7.63. The Labute approximate surface area is 317 Å². The first-order valence-electron chi connectivity index (χ1n) is 18.1. The van der Waals surface area contributed by atoms with Crippen molar-refractivity contribution >= 4 is 46.7 Å². The first-order chi connectivity index (χ1) is 25.3. The summed E-state index contributed by atoms with van der Waals surface area (Å²) in [4.78, 5) is 46.0. The van der Waals surface area contributed by atoms with Gasteiger partial charge >= 0.3 is 11.9 Å². The normalized spacial score (nSPS) is 16.8. The minimum absolute atomic E-state index is 0.0503. The number of carbonyl (C=O) groups is 3. The Bertz CT molecular complexity index is 1700. The van der Waals surface area contributed by atoms with Gasteiger partial charge in [0.25, 0.3) is 0 Å². The standard InChI is InChI=1S/C43H48N2O5S2/c1-2-3-29-49-41(47)37(25-24-32-16-8-4-9-17-32)45-38(51)26-28-43(45,40(46)36(44)27-30-52-31-33-18-10-5-11-19-33)42(48)50-39(34-20-12-6-13-21-34)35-22-14-7-15-23-35/h4-23,36-37,39H,2-3,24-31,44H2,1H3/t36-,37?,43+/m0/s1. The van der Waals surface area contributed by atoms with E-state index in [1.54, 1.807) is 16.7 Å². The van der Waals surface area contributed by atoms with Gasteiger partial charge in [0, 0.05) is 12.2 Å². The molecule has 52 heavy (non-hydrogen) atoms. The maximum atomic E-state index is 15.0. The van der Waals surface area contributed by atoms with E-state index in [4.69, 9.17) is 27.4 Å². The lowest BCUT2D eigenvalue weighted by Crippen LogP contribution is -2.66. The quantitative estimate of drug-likeness (QED) is 0.0444. The summed E-state index contributed by atoms with van der Waals surface area (Å²) in [6, 6.07) is 36.8. The SMILES string of the molecule is CCCCOC(=O)C(CCc1ccccc1)N1C(=S)CC[C@]1(C(=O)OC(c1ccccc1)c1ccccc1)C(=O)[C@@H](N)CCSCc1ccccc1. The van der Waals surface area contributed by atoms with Crippen LogP contribution in [-0.2, 0) is 36.0 Å². The highest BCUT2D eigenvalue weighted by molar-refractivity contribution is 7.98. The van der Waals surface area contributed by atoms with Gasteiger partial charge < -0.3 is 20.1 Å². The van der Waals surface area contributed by atoms with Crippen molar-refractivity contribution in [1.29, 1.82) is 0 Å². The number of nitrogens with zero attached hydrogens (tertiary/aromatic N) is 1. The van der Waals surface area contributed by atoms with E-state index in [-0.39, 0.29) is 25.9 Å². The zero-order chi connectivity index (χ0) is 36.8. The molecule has 0 radical (unpaired) electrons. The number of esters is 2. The van der Waals surface area contributed by atoms with Crippen molar-refractivity contribution in [3.63, 3.8) is 0 Å². The molecule has 0 aromatic heterocycles.